The van der Waals surface area contributed by atoms with Crippen molar-refractivity contribution in [2.24, 2.45) is 0 Å². The van der Waals surface area contributed by atoms with Gasteiger partial charge in [0.2, 0.25) is 0 Å². The first-order chi connectivity index (χ1) is 7.97. The number of rotatable bonds is 1. The van der Waals surface area contributed by atoms with E-state index in [1.165, 1.54) is 36.8 Å². The largest absolute Gasteiger partial charge is 0.344 e. The highest BCUT2D eigenvalue weighted by Crippen LogP contribution is 2.17. The third-order valence-corrected chi connectivity index (χ3v) is 2.88. The van der Waals surface area contributed by atoms with Crippen LogP contribution in [-0.2, 0) is 0 Å². The molecule has 0 spiro atoms. The van der Waals surface area contributed by atoms with Crippen LogP contribution in [0.25, 0.3) is 11.1 Å². The quantitative estimate of drug-likeness (QED) is 0.724. The van der Waals surface area contributed by atoms with E-state index in [2.05, 4.69) is 48.5 Å². The fourth-order valence-corrected chi connectivity index (χ4v) is 1.51. The summed E-state index contributed by atoms with van der Waals surface area (Å²) in [5, 5.41) is 0. The molecule has 3 N–H and O–H groups in total. The highest BCUT2D eigenvalue weighted by Gasteiger charge is 1.95. The van der Waals surface area contributed by atoms with Crippen molar-refractivity contribution in [3.63, 3.8) is 0 Å². The molecule has 2 aromatic carbocycles. The topological polar surface area (TPSA) is 35.0 Å². The van der Waals surface area contributed by atoms with Crippen molar-refractivity contribution in [2.75, 3.05) is 0 Å². The lowest BCUT2D eigenvalue weighted by atomic mass is 10.0. The molecule has 17 heavy (non-hydrogen) atoms. The van der Waals surface area contributed by atoms with Gasteiger partial charge in [-0.15, -0.1) is 0 Å². The molecule has 1 aliphatic rings. The minimum Gasteiger partial charge on any atom is -0.344 e. The first-order valence-electron chi connectivity index (χ1n) is 6.07. The maximum absolute atomic E-state index is 2.12. The summed E-state index contributed by atoms with van der Waals surface area (Å²) in [6.07, 6.45) is 6.00. The van der Waals surface area contributed by atoms with E-state index in [4.69, 9.17) is 0 Å². The standard InChI is InChI=1S/C12H10.C4H8.H3N/c1-3-7-11(8-4-1)12-9-5-2-6-10-12;1-2-4-3-1;/h1-10H;1-4H2;1H3. The summed E-state index contributed by atoms with van der Waals surface area (Å²) in [6, 6.07) is 20.8. The lowest BCUT2D eigenvalue weighted by Gasteiger charge is -2.05. The van der Waals surface area contributed by atoms with Gasteiger partial charge in [-0.3, -0.25) is 0 Å². The van der Waals surface area contributed by atoms with Crippen molar-refractivity contribution in [1.29, 1.82) is 0 Å². The number of hydrogen-bond acceptors (Lipinski definition) is 1. The van der Waals surface area contributed by atoms with Crippen LogP contribution in [0.15, 0.2) is 60.7 Å². The summed E-state index contributed by atoms with van der Waals surface area (Å²) in [7, 11) is 0. The van der Waals surface area contributed by atoms with Crippen LogP contribution >= 0.6 is 0 Å². The van der Waals surface area contributed by atoms with Gasteiger partial charge in [-0.25, -0.2) is 0 Å². The minimum atomic E-state index is 0. The molecule has 0 aromatic heterocycles. The monoisotopic (exact) mass is 227 g/mol. The van der Waals surface area contributed by atoms with Gasteiger partial charge < -0.3 is 6.15 Å². The molecule has 1 fully saturated rings. The maximum Gasteiger partial charge on any atom is -0.0184 e. The second kappa shape index (κ2) is 7.64. The van der Waals surface area contributed by atoms with Gasteiger partial charge in [0, 0.05) is 0 Å². The summed E-state index contributed by atoms with van der Waals surface area (Å²) < 4.78 is 0. The molecule has 0 saturated heterocycles. The minimum absolute atomic E-state index is 0. The van der Waals surface area contributed by atoms with E-state index < -0.39 is 0 Å². The highest BCUT2D eigenvalue weighted by atomic mass is 14.0. The molecule has 1 aliphatic carbocycles. The average molecular weight is 227 g/mol. The van der Waals surface area contributed by atoms with E-state index in [1.807, 2.05) is 12.1 Å². The van der Waals surface area contributed by atoms with E-state index in [0.717, 1.165) is 0 Å². The van der Waals surface area contributed by atoms with Crippen molar-refractivity contribution in [3.8, 4) is 11.1 Å². The fourth-order valence-electron chi connectivity index (χ4n) is 1.51. The molecule has 0 aliphatic heterocycles. The molecule has 1 saturated carbocycles. The fraction of sp³-hybridized carbons (Fsp3) is 0.250. The molecule has 0 unspecified atom stereocenters. The third-order valence-electron chi connectivity index (χ3n) is 2.88. The molecule has 0 bridgehead atoms. The summed E-state index contributed by atoms with van der Waals surface area (Å²) in [4.78, 5) is 0. The SMILES string of the molecule is C1CCC1.N.c1ccc(-c2ccccc2)cc1. The van der Waals surface area contributed by atoms with E-state index in [1.54, 1.807) is 0 Å². The Morgan fingerprint density at radius 1 is 0.471 bits per heavy atom. The van der Waals surface area contributed by atoms with Crippen LogP contribution in [0.2, 0.25) is 0 Å². The third kappa shape index (κ3) is 4.41. The zero-order valence-electron chi connectivity index (χ0n) is 10.3. The molecule has 2 aromatic rings. The van der Waals surface area contributed by atoms with Gasteiger partial charge in [0.15, 0.2) is 0 Å². The molecule has 0 radical (unpaired) electrons. The Morgan fingerprint density at radius 2 is 0.765 bits per heavy atom. The first-order valence-corrected chi connectivity index (χ1v) is 6.07. The van der Waals surface area contributed by atoms with Crippen LogP contribution in [0, 0.1) is 0 Å². The van der Waals surface area contributed by atoms with E-state index >= 15 is 0 Å². The van der Waals surface area contributed by atoms with E-state index in [9.17, 15) is 0 Å². The van der Waals surface area contributed by atoms with Gasteiger partial charge in [0.05, 0.1) is 0 Å². The molecular formula is C16H21N. The Balaban J connectivity index is 0.000000247. The molecule has 90 valence electrons. The van der Waals surface area contributed by atoms with Crippen LogP contribution in [0.1, 0.15) is 25.7 Å². The Kier molecular flexibility index (Phi) is 6.05. The van der Waals surface area contributed by atoms with Crippen LogP contribution in [0.4, 0.5) is 0 Å². The van der Waals surface area contributed by atoms with Crippen LogP contribution in [0.5, 0.6) is 0 Å². The Morgan fingerprint density at radius 3 is 1.00 bits per heavy atom. The van der Waals surface area contributed by atoms with Crippen LogP contribution in [-0.4, -0.2) is 0 Å². The van der Waals surface area contributed by atoms with Crippen LogP contribution in [0.3, 0.4) is 0 Å². The van der Waals surface area contributed by atoms with Gasteiger partial charge >= 0.3 is 0 Å². The Hall–Kier alpha value is -1.60. The lowest BCUT2D eigenvalue weighted by molar-refractivity contribution is 0.504. The van der Waals surface area contributed by atoms with Crippen LogP contribution < -0.4 is 6.15 Å². The van der Waals surface area contributed by atoms with Gasteiger partial charge in [-0.1, -0.05) is 86.3 Å². The summed E-state index contributed by atoms with van der Waals surface area (Å²) in [5.41, 5.74) is 2.55. The molecule has 1 nitrogen and oxygen atoms in total. The Labute approximate surface area is 104 Å². The molecule has 3 rings (SSSR count). The summed E-state index contributed by atoms with van der Waals surface area (Å²) >= 11 is 0. The van der Waals surface area contributed by atoms with Gasteiger partial charge in [0.25, 0.3) is 0 Å². The van der Waals surface area contributed by atoms with E-state index in [-0.39, 0.29) is 6.15 Å². The van der Waals surface area contributed by atoms with Gasteiger partial charge in [-0.2, -0.15) is 0 Å². The Bertz CT molecular complexity index is 349. The maximum atomic E-state index is 2.12. The average Bonchev–Trinajstić information content (AvgIpc) is 2.29. The first kappa shape index (κ1) is 13.5. The van der Waals surface area contributed by atoms with Crippen molar-refractivity contribution in [2.45, 2.75) is 25.7 Å². The summed E-state index contributed by atoms with van der Waals surface area (Å²) in [6.45, 7) is 0. The second-order valence-electron chi connectivity index (χ2n) is 4.15. The smallest absolute Gasteiger partial charge is 0.0184 e. The predicted octanol–water partition coefficient (Wildman–Crippen LogP) is 5.08. The van der Waals surface area contributed by atoms with Gasteiger partial charge in [0.1, 0.15) is 0 Å². The molecule has 0 amide bonds. The molecule has 1 heteroatoms. The van der Waals surface area contributed by atoms with Crippen molar-refractivity contribution < 1.29 is 0 Å². The zero-order chi connectivity index (χ0) is 11.1. The summed E-state index contributed by atoms with van der Waals surface area (Å²) in [5.74, 6) is 0. The molecular weight excluding hydrogens is 206 g/mol. The van der Waals surface area contributed by atoms with Crippen molar-refractivity contribution >= 4 is 0 Å². The molecule has 0 heterocycles. The zero-order valence-corrected chi connectivity index (χ0v) is 10.3. The highest BCUT2D eigenvalue weighted by molar-refractivity contribution is 5.62. The van der Waals surface area contributed by atoms with Gasteiger partial charge in [-0.05, 0) is 11.1 Å². The number of hydrogen-bond donors (Lipinski definition) is 1. The van der Waals surface area contributed by atoms with Crippen molar-refractivity contribution in [3.05, 3.63) is 60.7 Å². The predicted molar refractivity (Wildman–Crippen MR) is 75.4 cm³/mol. The second-order valence-corrected chi connectivity index (χ2v) is 4.15. The van der Waals surface area contributed by atoms with E-state index in [0.29, 0.717) is 0 Å². The number of benzene rings is 2. The van der Waals surface area contributed by atoms with Crippen molar-refractivity contribution in [1.82, 2.24) is 6.15 Å². The molecule has 0 atom stereocenters. The normalized spacial score (nSPS) is 12.5. The lowest BCUT2D eigenvalue weighted by Crippen LogP contribution is -1.85.